The maximum atomic E-state index is 13.5. The van der Waals surface area contributed by atoms with Crippen molar-refractivity contribution in [3.63, 3.8) is 0 Å². The summed E-state index contributed by atoms with van der Waals surface area (Å²) in [6.07, 6.45) is 6.40. The highest BCUT2D eigenvalue weighted by Crippen LogP contribution is 2.70. The van der Waals surface area contributed by atoms with E-state index in [1.807, 2.05) is 6.07 Å². The SMILES string of the molecule is C[C@]12CC[C@H](OC3OC[C@H](N=[N+]=[N-])[C@@H](OC(=O)c4ccccc4)[C@@H]3OC(=O)c3ccccc3)C=C1CCC1C2CC[C@]2(C)[C@@H](c3ccc(=O)oc3)CC[C@]12O. The van der Waals surface area contributed by atoms with Gasteiger partial charge in [0.25, 0.3) is 0 Å². The highest BCUT2D eigenvalue weighted by Gasteiger charge is 2.66. The molecule has 12 nitrogen and oxygen atoms in total. The van der Waals surface area contributed by atoms with Gasteiger partial charge in [0.05, 0.1) is 35.7 Å². The zero-order valence-corrected chi connectivity index (χ0v) is 31.1. The molecule has 0 radical (unpaired) electrons. The largest absolute Gasteiger partial charge is 0.454 e. The van der Waals surface area contributed by atoms with Crippen LogP contribution >= 0.6 is 0 Å². The van der Waals surface area contributed by atoms with E-state index < -0.39 is 42.1 Å². The Morgan fingerprint density at radius 2 is 1.55 bits per heavy atom. The standard InChI is InChI=1S/C43H47N3O9/c1-41-20-17-30(23-29(41)14-15-33-32(41)18-21-42(2)31(19-22-43(33,42)50)28-13-16-35(47)51-24-28)53-40-37(55-39(49)27-11-7-4-8-12-27)36(34(25-52-40)45-46-44)54-38(48)26-9-5-3-6-10-26/h3-13,16,23-24,30-34,36-37,40,50H,14-15,17-22,25H2,1-2H3/t30-,31+,32?,33?,34-,36+,37-,40?,41-,42+,43-/m0/s1. The number of esters is 2. The fourth-order valence-corrected chi connectivity index (χ4v) is 10.9. The van der Waals surface area contributed by atoms with Crippen molar-refractivity contribution in [3.05, 3.63) is 128 Å². The monoisotopic (exact) mass is 749 g/mol. The Bertz CT molecular complexity index is 2030. The maximum absolute atomic E-state index is 13.5. The van der Waals surface area contributed by atoms with E-state index in [1.165, 1.54) is 11.6 Å². The quantitative estimate of drug-likeness (QED) is 0.0798. The third kappa shape index (κ3) is 6.58. The van der Waals surface area contributed by atoms with Gasteiger partial charge in [-0.15, -0.1) is 0 Å². The Kier molecular flexibility index (Phi) is 9.96. The van der Waals surface area contributed by atoms with E-state index in [0.717, 1.165) is 44.1 Å². The normalized spacial score (nSPS) is 36.5. The maximum Gasteiger partial charge on any atom is 0.338 e. The van der Waals surface area contributed by atoms with Crippen LogP contribution in [0.15, 0.2) is 105 Å². The van der Waals surface area contributed by atoms with Crippen LogP contribution < -0.4 is 5.63 Å². The molecule has 1 aliphatic heterocycles. The number of benzene rings is 2. The summed E-state index contributed by atoms with van der Waals surface area (Å²) in [6, 6.07) is 19.3. The molecular formula is C43H47N3O9. The molecule has 8 rings (SSSR count). The summed E-state index contributed by atoms with van der Waals surface area (Å²) in [6.45, 7) is 4.45. The molecule has 5 aliphatic rings. The number of carbonyl (C=O) groups excluding carboxylic acids is 2. The first kappa shape index (κ1) is 37.2. The average Bonchev–Trinajstić information content (AvgIpc) is 3.48. The summed E-state index contributed by atoms with van der Waals surface area (Å²) in [5.74, 6) is -0.785. The molecule has 288 valence electrons. The molecule has 3 unspecified atom stereocenters. The summed E-state index contributed by atoms with van der Waals surface area (Å²) in [7, 11) is 0. The van der Waals surface area contributed by atoms with E-state index in [4.69, 9.17) is 23.4 Å². The van der Waals surface area contributed by atoms with Crippen LogP contribution in [0, 0.1) is 22.7 Å². The average molecular weight is 750 g/mol. The second-order valence-electron chi connectivity index (χ2n) is 16.4. The van der Waals surface area contributed by atoms with Crippen LogP contribution in [-0.4, -0.2) is 59.9 Å². The van der Waals surface area contributed by atoms with Crippen molar-refractivity contribution in [2.45, 2.75) is 107 Å². The second kappa shape index (κ2) is 14.7. The lowest BCUT2D eigenvalue weighted by Gasteiger charge is -2.62. The molecule has 3 saturated carbocycles. The van der Waals surface area contributed by atoms with Gasteiger partial charge >= 0.3 is 17.6 Å². The Balaban J connectivity index is 1.04. The summed E-state index contributed by atoms with van der Waals surface area (Å²) in [5, 5.41) is 16.5. The zero-order valence-electron chi connectivity index (χ0n) is 31.1. The van der Waals surface area contributed by atoms with E-state index in [1.54, 1.807) is 66.9 Å². The minimum absolute atomic E-state index is 0.112. The van der Waals surface area contributed by atoms with Crippen molar-refractivity contribution < 1.29 is 38.1 Å². The number of rotatable bonds is 8. The van der Waals surface area contributed by atoms with E-state index in [0.29, 0.717) is 24.0 Å². The van der Waals surface area contributed by atoms with E-state index >= 15 is 0 Å². The zero-order chi connectivity index (χ0) is 38.4. The van der Waals surface area contributed by atoms with Crippen LogP contribution in [0.2, 0.25) is 0 Å². The van der Waals surface area contributed by atoms with E-state index in [-0.39, 0.29) is 46.9 Å². The molecule has 3 aromatic rings. The number of carbonyl (C=O) groups is 2. The summed E-state index contributed by atoms with van der Waals surface area (Å²) < 4.78 is 30.1. The van der Waals surface area contributed by atoms with Gasteiger partial charge in [0.2, 0.25) is 0 Å². The lowest BCUT2D eigenvalue weighted by atomic mass is 9.45. The first-order valence-corrected chi connectivity index (χ1v) is 19.4. The Morgan fingerprint density at radius 3 is 2.20 bits per heavy atom. The van der Waals surface area contributed by atoms with Gasteiger partial charge < -0.3 is 28.5 Å². The number of aliphatic hydroxyl groups is 1. The van der Waals surface area contributed by atoms with Gasteiger partial charge in [0.1, 0.15) is 6.04 Å². The fourth-order valence-electron chi connectivity index (χ4n) is 10.9. The van der Waals surface area contributed by atoms with Gasteiger partial charge in [0, 0.05) is 16.4 Å². The van der Waals surface area contributed by atoms with Gasteiger partial charge in [-0.3, -0.25) is 0 Å². The number of fused-ring (bicyclic) bond motifs is 5. The van der Waals surface area contributed by atoms with Crippen LogP contribution in [0.25, 0.3) is 10.4 Å². The number of nitrogens with zero attached hydrogens (tertiary/aromatic N) is 3. The third-order valence-corrected chi connectivity index (χ3v) is 13.8. The predicted octanol–water partition coefficient (Wildman–Crippen LogP) is 7.67. The highest BCUT2D eigenvalue weighted by molar-refractivity contribution is 5.90. The fraction of sp³-hybridized carbons (Fsp3) is 0.512. The van der Waals surface area contributed by atoms with Gasteiger partial charge in [-0.05, 0) is 116 Å². The lowest BCUT2D eigenvalue weighted by molar-refractivity contribution is -0.258. The molecule has 0 spiro atoms. The Hall–Kier alpha value is -4.74. The molecule has 55 heavy (non-hydrogen) atoms. The number of ether oxygens (including phenoxy) is 4. The van der Waals surface area contributed by atoms with Crippen LogP contribution in [0.4, 0.5) is 0 Å². The molecule has 1 N–H and O–H groups in total. The minimum atomic E-state index is -1.25. The molecule has 11 atom stereocenters. The topological polar surface area (TPSA) is 170 Å². The van der Waals surface area contributed by atoms with Gasteiger partial charge in [0.15, 0.2) is 18.5 Å². The predicted molar refractivity (Wildman–Crippen MR) is 200 cm³/mol. The van der Waals surface area contributed by atoms with Crippen molar-refractivity contribution in [2.24, 2.45) is 27.8 Å². The van der Waals surface area contributed by atoms with E-state index in [9.17, 15) is 25.0 Å². The summed E-state index contributed by atoms with van der Waals surface area (Å²) in [4.78, 5) is 41.5. The van der Waals surface area contributed by atoms with Crippen molar-refractivity contribution in [3.8, 4) is 0 Å². The third-order valence-electron chi connectivity index (χ3n) is 13.8. The molecule has 1 aromatic heterocycles. The molecule has 0 bridgehead atoms. The number of hydrogen-bond acceptors (Lipinski definition) is 10. The van der Waals surface area contributed by atoms with Gasteiger partial charge in [-0.2, -0.15) is 0 Å². The van der Waals surface area contributed by atoms with Crippen molar-refractivity contribution >= 4 is 11.9 Å². The smallest absolute Gasteiger partial charge is 0.338 e. The molecule has 4 fully saturated rings. The first-order chi connectivity index (χ1) is 26.5. The molecule has 4 aliphatic carbocycles. The Morgan fingerprint density at radius 1 is 0.855 bits per heavy atom. The Labute approximate surface area is 319 Å². The molecule has 2 heterocycles. The van der Waals surface area contributed by atoms with Crippen molar-refractivity contribution in [2.75, 3.05) is 6.61 Å². The van der Waals surface area contributed by atoms with Gasteiger partial charge in [-0.1, -0.05) is 67.0 Å². The molecule has 2 aromatic carbocycles. The molecule has 1 saturated heterocycles. The lowest BCUT2D eigenvalue weighted by Crippen LogP contribution is -2.60. The number of azide groups is 1. The number of allylic oxidation sites excluding steroid dienone is 1. The van der Waals surface area contributed by atoms with Crippen LogP contribution in [0.1, 0.15) is 97.4 Å². The van der Waals surface area contributed by atoms with E-state index in [2.05, 4.69) is 29.9 Å². The molecule has 12 heteroatoms. The van der Waals surface area contributed by atoms with Gasteiger partial charge in [-0.25, -0.2) is 14.4 Å². The highest BCUT2D eigenvalue weighted by atomic mass is 16.7. The molecule has 0 amide bonds. The molecular weight excluding hydrogens is 702 g/mol. The first-order valence-electron chi connectivity index (χ1n) is 19.4. The minimum Gasteiger partial charge on any atom is -0.454 e. The van der Waals surface area contributed by atoms with Crippen LogP contribution in [0.5, 0.6) is 0 Å². The number of hydrogen-bond donors (Lipinski definition) is 1. The van der Waals surface area contributed by atoms with Crippen LogP contribution in [-0.2, 0) is 18.9 Å². The van der Waals surface area contributed by atoms with Crippen molar-refractivity contribution in [1.29, 1.82) is 0 Å². The summed E-state index contributed by atoms with van der Waals surface area (Å²) in [5.41, 5.74) is 10.6. The summed E-state index contributed by atoms with van der Waals surface area (Å²) >= 11 is 0. The van der Waals surface area contributed by atoms with Crippen molar-refractivity contribution in [1.82, 2.24) is 0 Å². The van der Waals surface area contributed by atoms with Crippen LogP contribution in [0.3, 0.4) is 0 Å². The second-order valence-corrected chi connectivity index (χ2v) is 16.4.